The SMILES string of the molecule is CCCCCc1cc2c(c3c1CCCO3)C1CC(=O)CC[C@H]1C(C)(C)O2. The van der Waals surface area contributed by atoms with Gasteiger partial charge in [0.1, 0.15) is 22.9 Å². The number of unbranched alkanes of at least 4 members (excludes halogenated alkanes) is 2. The Labute approximate surface area is 157 Å². The lowest BCUT2D eigenvalue weighted by molar-refractivity contribution is -0.124. The van der Waals surface area contributed by atoms with E-state index in [1.54, 1.807) is 0 Å². The van der Waals surface area contributed by atoms with E-state index in [2.05, 4.69) is 26.8 Å². The second-order valence-corrected chi connectivity index (χ2v) is 8.86. The highest BCUT2D eigenvalue weighted by Gasteiger charge is 2.48. The van der Waals surface area contributed by atoms with Crippen LogP contribution in [0.5, 0.6) is 11.5 Å². The van der Waals surface area contributed by atoms with Crippen molar-refractivity contribution in [2.24, 2.45) is 5.92 Å². The number of Topliss-reactive ketones (excluding diaryl/α,β-unsaturated/α-hetero) is 1. The highest BCUT2D eigenvalue weighted by atomic mass is 16.5. The van der Waals surface area contributed by atoms with Crippen LogP contribution in [-0.4, -0.2) is 18.0 Å². The largest absolute Gasteiger partial charge is 0.493 e. The molecule has 1 fully saturated rings. The van der Waals surface area contributed by atoms with Gasteiger partial charge in [-0.2, -0.15) is 0 Å². The molecule has 1 aromatic carbocycles. The molecule has 3 heteroatoms. The van der Waals surface area contributed by atoms with Crippen LogP contribution in [0.1, 0.15) is 88.3 Å². The zero-order valence-electron chi connectivity index (χ0n) is 16.5. The van der Waals surface area contributed by atoms with Crippen LogP contribution in [0.25, 0.3) is 0 Å². The zero-order valence-corrected chi connectivity index (χ0v) is 16.5. The molecular weight excluding hydrogens is 324 g/mol. The van der Waals surface area contributed by atoms with Gasteiger partial charge in [0.05, 0.1) is 6.61 Å². The van der Waals surface area contributed by atoms with Crippen LogP contribution in [0.3, 0.4) is 0 Å². The minimum atomic E-state index is -0.220. The lowest BCUT2D eigenvalue weighted by Gasteiger charge is -2.48. The summed E-state index contributed by atoms with van der Waals surface area (Å²) < 4.78 is 12.8. The van der Waals surface area contributed by atoms with Gasteiger partial charge < -0.3 is 9.47 Å². The summed E-state index contributed by atoms with van der Waals surface area (Å²) in [7, 11) is 0. The van der Waals surface area contributed by atoms with E-state index in [1.807, 2.05) is 0 Å². The molecule has 1 saturated carbocycles. The Morgan fingerprint density at radius 3 is 2.88 bits per heavy atom. The van der Waals surface area contributed by atoms with Crippen LogP contribution in [-0.2, 0) is 17.6 Å². The molecule has 0 amide bonds. The summed E-state index contributed by atoms with van der Waals surface area (Å²) in [6, 6.07) is 2.29. The highest BCUT2D eigenvalue weighted by Crippen LogP contribution is 2.55. The Bertz CT molecular complexity index is 704. The first kappa shape index (κ1) is 17.9. The van der Waals surface area contributed by atoms with Gasteiger partial charge in [-0.3, -0.25) is 4.79 Å². The van der Waals surface area contributed by atoms with Crippen LogP contribution in [0, 0.1) is 5.92 Å². The van der Waals surface area contributed by atoms with Crippen molar-refractivity contribution in [2.45, 2.75) is 90.1 Å². The number of ketones is 1. The zero-order chi connectivity index (χ0) is 18.3. The third-order valence-electron chi connectivity index (χ3n) is 6.65. The van der Waals surface area contributed by atoms with Crippen molar-refractivity contribution >= 4 is 5.78 Å². The van der Waals surface area contributed by atoms with Gasteiger partial charge in [-0.05, 0) is 63.1 Å². The number of hydrogen-bond acceptors (Lipinski definition) is 3. The fourth-order valence-corrected chi connectivity index (χ4v) is 5.33. The third-order valence-corrected chi connectivity index (χ3v) is 6.65. The Balaban J connectivity index is 1.80. The van der Waals surface area contributed by atoms with Gasteiger partial charge in [0.25, 0.3) is 0 Å². The monoisotopic (exact) mass is 356 g/mol. The van der Waals surface area contributed by atoms with Crippen LogP contribution >= 0.6 is 0 Å². The number of carbonyl (C=O) groups excluding carboxylic acids is 1. The van der Waals surface area contributed by atoms with Gasteiger partial charge in [-0.1, -0.05) is 19.8 Å². The third kappa shape index (κ3) is 3.04. The molecule has 3 nitrogen and oxygen atoms in total. The normalized spacial score (nSPS) is 26.2. The van der Waals surface area contributed by atoms with E-state index in [-0.39, 0.29) is 11.5 Å². The molecule has 0 saturated heterocycles. The summed E-state index contributed by atoms with van der Waals surface area (Å²) in [5.74, 6) is 3.10. The lowest BCUT2D eigenvalue weighted by atomic mass is 9.65. The molecule has 2 heterocycles. The van der Waals surface area contributed by atoms with E-state index >= 15 is 0 Å². The minimum absolute atomic E-state index is 0.220. The molecule has 4 rings (SSSR count). The van der Waals surface area contributed by atoms with Gasteiger partial charge in [-0.15, -0.1) is 0 Å². The second-order valence-electron chi connectivity index (χ2n) is 8.86. The first-order chi connectivity index (χ1) is 12.5. The molecular formula is C23H32O3. The number of ether oxygens (including phenoxy) is 2. The molecule has 0 bridgehead atoms. The number of fused-ring (bicyclic) bond motifs is 5. The van der Waals surface area contributed by atoms with E-state index < -0.39 is 0 Å². The standard InChI is InChI=1S/C23H32O3/c1-4-5-6-8-15-13-20-21(22-17(15)9-7-12-25-22)18-14-16(24)10-11-19(18)23(2,3)26-20/h13,18-19H,4-12,14H2,1-3H3/t18?,19-/m1/s1. The maximum atomic E-state index is 12.3. The quantitative estimate of drug-likeness (QED) is 0.681. The van der Waals surface area contributed by atoms with E-state index in [4.69, 9.17) is 9.47 Å². The summed E-state index contributed by atoms with van der Waals surface area (Å²) in [5, 5.41) is 0. The van der Waals surface area contributed by atoms with Gasteiger partial charge in [0, 0.05) is 30.2 Å². The minimum Gasteiger partial charge on any atom is -0.493 e. The number of rotatable bonds is 4. The molecule has 0 N–H and O–H groups in total. The average Bonchev–Trinajstić information content (AvgIpc) is 2.61. The summed E-state index contributed by atoms with van der Waals surface area (Å²) in [4.78, 5) is 12.3. The first-order valence-corrected chi connectivity index (χ1v) is 10.5. The predicted octanol–water partition coefficient (Wildman–Crippen LogP) is 5.37. The maximum Gasteiger partial charge on any atom is 0.133 e. The van der Waals surface area contributed by atoms with Crippen molar-refractivity contribution < 1.29 is 14.3 Å². The Morgan fingerprint density at radius 1 is 1.23 bits per heavy atom. The van der Waals surface area contributed by atoms with E-state index in [0.29, 0.717) is 24.5 Å². The molecule has 26 heavy (non-hydrogen) atoms. The molecule has 3 aliphatic rings. The van der Waals surface area contributed by atoms with Gasteiger partial charge in [0.2, 0.25) is 0 Å². The summed E-state index contributed by atoms with van der Waals surface area (Å²) >= 11 is 0. The van der Waals surface area contributed by atoms with Crippen LogP contribution in [0.15, 0.2) is 6.07 Å². The Kier molecular flexibility index (Phi) is 4.75. The summed E-state index contributed by atoms with van der Waals surface area (Å²) in [5.41, 5.74) is 3.79. The van der Waals surface area contributed by atoms with E-state index in [0.717, 1.165) is 43.8 Å². The molecule has 2 atom stereocenters. The van der Waals surface area contributed by atoms with Crippen molar-refractivity contribution in [1.29, 1.82) is 0 Å². The molecule has 1 unspecified atom stereocenters. The Hall–Kier alpha value is -1.51. The lowest BCUT2D eigenvalue weighted by Crippen LogP contribution is -2.47. The smallest absolute Gasteiger partial charge is 0.133 e. The van der Waals surface area contributed by atoms with E-state index in [9.17, 15) is 4.79 Å². The molecule has 2 aliphatic heterocycles. The number of benzene rings is 1. The molecule has 0 spiro atoms. The molecule has 1 aliphatic carbocycles. The maximum absolute atomic E-state index is 12.3. The van der Waals surface area contributed by atoms with Crippen LogP contribution < -0.4 is 9.47 Å². The molecule has 142 valence electrons. The number of carbonyl (C=O) groups is 1. The second kappa shape index (κ2) is 6.90. The molecule has 1 aromatic rings. The van der Waals surface area contributed by atoms with E-state index in [1.165, 1.54) is 36.0 Å². The van der Waals surface area contributed by atoms with Gasteiger partial charge in [0.15, 0.2) is 0 Å². The predicted molar refractivity (Wildman–Crippen MR) is 103 cm³/mol. The summed E-state index contributed by atoms with van der Waals surface area (Å²) in [6.45, 7) is 7.42. The van der Waals surface area contributed by atoms with Gasteiger partial charge >= 0.3 is 0 Å². The first-order valence-electron chi connectivity index (χ1n) is 10.5. The Morgan fingerprint density at radius 2 is 2.08 bits per heavy atom. The van der Waals surface area contributed by atoms with Gasteiger partial charge in [-0.25, -0.2) is 0 Å². The highest BCUT2D eigenvalue weighted by molar-refractivity contribution is 5.81. The van der Waals surface area contributed by atoms with Crippen molar-refractivity contribution in [1.82, 2.24) is 0 Å². The van der Waals surface area contributed by atoms with Crippen LogP contribution in [0.4, 0.5) is 0 Å². The van der Waals surface area contributed by atoms with Crippen molar-refractivity contribution in [3.05, 3.63) is 22.8 Å². The van der Waals surface area contributed by atoms with Crippen LogP contribution in [0.2, 0.25) is 0 Å². The molecule has 0 aromatic heterocycles. The average molecular weight is 357 g/mol. The molecule has 0 radical (unpaired) electrons. The van der Waals surface area contributed by atoms with Crippen molar-refractivity contribution in [3.63, 3.8) is 0 Å². The fourth-order valence-electron chi connectivity index (χ4n) is 5.33. The van der Waals surface area contributed by atoms with Crippen molar-refractivity contribution in [2.75, 3.05) is 6.61 Å². The fraction of sp³-hybridized carbons (Fsp3) is 0.696. The topological polar surface area (TPSA) is 35.5 Å². The number of aryl methyl sites for hydroxylation is 1. The summed E-state index contributed by atoms with van der Waals surface area (Å²) in [6.07, 6.45) is 9.28. The van der Waals surface area contributed by atoms with Crippen molar-refractivity contribution in [3.8, 4) is 11.5 Å². The number of hydrogen-bond donors (Lipinski definition) is 0.